The van der Waals surface area contributed by atoms with Crippen molar-refractivity contribution in [3.63, 3.8) is 0 Å². The zero-order valence-electron chi connectivity index (χ0n) is 19.5. The summed E-state index contributed by atoms with van der Waals surface area (Å²) < 4.78 is 5.70. The van der Waals surface area contributed by atoms with Crippen molar-refractivity contribution in [3.05, 3.63) is 48.3 Å². The van der Waals surface area contributed by atoms with Crippen LogP contribution in [0, 0.1) is 11.8 Å². The number of allylic oxidation sites excluding steroid dienone is 2. The minimum atomic E-state index is 0.453. The molecule has 2 unspecified atom stereocenters. The second kappa shape index (κ2) is 14.6. The molecule has 168 valence electrons. The van der Waals surface area contributed by atoms with E-state index >= 15 is 0 Å². The van der Waals surface area contributed by atoms with Crippen LogP contribution in [0.3, 0.4) is 0 Å². The fourth-order valence-electron chi connectivity index (χ4n) is 3.32. The van der Waals surface area contributed by atoms with Gasteiger partial charge in [-0.3, -0.25) is 9.98 Å². The molecule has 1 aliphatic rings. The van der Waals surface area contributed by atoms with Gasteiger partial charge in [0.15, 0.2) is 5.88 Å². The lowest BCUT2D eigenvalue weighted by Gasteiger charge is -2.21. The molecule has 2 atom stereocenters. The van der Waals surface area contributed by atoms with Gasteiger partial charge >= 0.3 is 0 Å². The zero-order valence-corrected chi connectivity index (χ0v) is 19.5. The van der Waals surface area contributed by atoms with Crippen LogP contribution in [0.2, 0.25) is 0 Å². The predicted molar refractivity (Wildman–Crippen MR) is 131 cm³/mol. The van der Waals surface area contributed by atoms with Gasteiger partial charge in [-0.15, -0.1) is 0 Å². The van der Waals surface area contributed by atoms with Gasteiger partial charge in [0.2, 0.25) is 0 Å². The van der Waals surface area contributed by atoms with Crippen molar-refractivity contribution in [2.45, 2.75) is 72.6 Å². The quantitative estimate of drug-likeness (QED) is 0.123. The van der Waals surface area contributed by atoms with Crippen LogP contribution in [0.1, 0.15) is 72.6 Å². The van der Waals surface area contributed by atoms with Crippen molar-refractivity contribution < 1.29 is 4.74 Å². The maximum Gasteiger partial charge on any atom is 0.179 e. The van der Waals surface area contributed by atoms with Crippen molar-refractivity contribution in [1.82, 2.24) is 5.32 Å². The molecule has 1 aliphatic carbocycles. The molecule has 1 rings (SSSR count). The molecule has 0 heterocycles. The van der Waals surface area contributed by atoms with Gasteiger partial charge in [-0.1, -0.05) is 38.5 Å². The number of hydrogen-bond donors (Lipinski definition) is 2. The van der Waals surface area contributed by atoms with Crippen LogP contribution in [-0.4, -0.2) is 25.1 Å². The zero-order chi connectivity index (χ0) is 22.4. The Hall–Kier alpha value is -2.30. The Morgan fingerprint density at radius 1 is 1.13 bits per heavy atom. The van der Waals surface area contributed by atoms with E-state index in [9.17, 15) is 0 Å². The summed E-state index contributed by atoms with van der Waals surface area (Å²) in [6, 6.07) is 0. The molecule has 0 aromatic carbocycles. The van der Waals surface area contributed by atoms with Crippen molar-refractivity contribution in [2.75, 3.05) is 13.2 Å². The third-order valence-corrected chi connectivity index (χ3v) is 5.03. The highest BCUT2D eigenvalue weighted by Gasteiger charge is 2.12. The highest BCUT2D eigenvalue weighted by molar-refractivity contribution is 5.80. The standard InChI is InChI=1S/C25H42N4O/c1-19(2)29-22(5)25(21(4)26)27-16-10-8-7-9-11-17-30-23(6)28-18-24-14-12-20(3)13-15-24/h12,14,16,20,24,28H,4,6-11,13,15,17-18,26H2,1-3,5H3/b25-22+,27-16-. The smallest absolute Gasteiger partial charge is 0.179 e. The second-order valence-corrected chi connectivity index (χ2v) is 8.38. The molecule has 0 amide bonds. The first kappa shape index (κ1) is 25.7. The summed E-state index contributed by atoms with van der Waals surface area (Å²) in [6.45, 7) is 17.5. The van der Waals surface area contributed by atoms with E-state index in [1.54, 1.807) is 0 Å². The Kier molecular flexibility index (Phi) is 12.6. The van der Waals surface area contributed by atoms with Crippen LogP contribution < -0.4 is 11.1 Å². The van der Waals surface area contributed by atoms with E-state index in [-0.39, 0.29) is 0 Å². The summed E-state index contributed by atoms with van der Waals surface area (Å²) in [7, 11) is 0. The lowest BCUT2D eigenvalue weighted by Crippen LogP contribution is -2.24. The molecule has 5 nitrogen and oxygen atoms in total. The Labute approximate surface area is 184 Å². The van der Waals surface area contributed by atoms with Crippen LogP contribution in [0.4, 0.5) is 0 Å². The Balaban J connectivity index is 2.11. The lowest BCUT2D eigenvalue weighted by atomic mass is 9.90. The molecule has 0 saturated carbocycles. The number of nitrogens with one attached hydrogen (secondary N) is 1. The summed E-state index contributed by atoms with van der Waals surface area (Å²) >= 11 is 0. The predicted octanol–water partition coefficient (Wildman–Crippen LogP) is 5.87. The van der Waals surface area contributed by atoms with E-state index in [0.29, 0.717) is 35.7 Å². The van der Waals surface area contributed by atoms with Gasteiger partial charge in [-0.25, -0.2) is 0 Å². The van der Waals surface area contributed by atoms with E-state index in [1.165, 1.54) is 12.8 Å². The largest absolute Gasteiger partial charge is 0.480 e. The van der Waals surface area contributed by atoms with Gasteiger partial charge < -0.3 is 15.8 Å². The Morgan fingerprint density at radius 3 is 2.50 bits per heavy atom. The van der Waals surface area contributed by atoms with Crippen molar-refractivity contribution in [3.8, 4) is 0 Å². The van der Waals surface area contributed by atoms with E-state index < -0.39 is 0 Å². The molecule has 0 radical (unpaired) electrons. The maximum absolute atomic E-state index is 5.84. The summed E-state index contributed by atoms with van der Waals surface area (Å²) in [5.74, 6) is 2.00. The van der Waals surface area contributed by atoms with Gasteiger partial charge in [-0.05, 0) is 71.3 Å². The van der Waals surface area contributed by atoms with Crippen molar-refractivity contribution in [1.29, 1.82) is 0 Å². The highest BCUT2D eigenvalue weighted by atomic mass is 16.5. The van der Waals surface area contributed by atoms with Crippen LogP contribution >= 0.6 is 0 Å². The summed E-state index contributed by atoms with van der Waals surface area (Å²) in [4.78, 5) is 8.89. The van der Waals surface area contributed by atoms with Gasteiger partial charge in [0.25, 0.3) is 0 Å². The molecule has 0 fully saturated rings. The van der Waals surface area contributed by atoms with Gasteiger partial charge in [-0.2, -0.15) is 0 Å². The molecule has 0 aromatic rings. The Bertz CT molecular complexity index is 669. The molecule has 0 spiro atoms. The van der Waals surface area contributed by atoms with Crippen LogP contribution in [0.15, 0.2) is 58.3 Å². The normalized spacial score (nSPS) is 19.3. The first-order chi connectivity index (χ1) is 14.3. The van der Waals surface area contributed by atoms with Crippen LogP contribution in [0.25, 0.3) is 0 Å². The number of nitrogens with two attached hydrogens (primary N) is 1. The SMILES string of the molecule is C=C(NCC1C=CC(C)CC1)OCCCCCC/C=N\C(C(=C)N)=C(/C)N=C(C)C. The monoisotopic (exact) mass is 414 g/mol. The van der Waals surface area contributed by atoms with E-state index in [0.717, 1.165) is 50.1 Å². The molecule has 0 aliphatic heterocycles. The minimum Gasteiger partial charge on any atom is -0.480 e. The number of nitrogens with zero attached hydrogens (tertiary/aromatic N) is 2. The van der Waals surface area contributed by atoms with E-state index in [2.05, 4.69) is 47.5 Å². The molecule has 3 N–H and O–H groups in total. The van der Waals surface area contributed by atoms with Crippen molar-refractivity contribution in [2.24, 2.45) is 27.6 Å². The summed E-state index contributed by atoms with van der Waals surface area (Å²) in [5, 5.41) is 3.31. The average Bonchev–Trinajstić information content (AvgIpc) is 2.68. The third kappa shape index (κ3) is 11.6. The second-order valence-electron chi connectivity index (χ2n) is 8.38. The molecule has 0 bridgehead atoms. The third-order valence-electron chi connectivity index (χ3n) is 5.03. The molecular formula is C25H42N4O. The summed E-state index contributed by atoms with van der Waals surface area (Å²) in [5.41, 5.74) is 8.74. The van der Waals surface area contributed by atoms with Gasteiger partial charge in [0, 0.05) is 18.5 Å². The first-order valence-corrected chi connectivity index (χ1v) is 11.2. The minimum absolute atomic E-state index is 0.453. The number of rotatable bonds is 14. The molecule has 30 heavy (non-hydrogen) atoms. The average molecular weight is 415 g/mol. The first-order valence-electron chi connectivity index (χ1n) is 11.2. The molecular weight excluding hydrogens is 372 g/mol. The number of aliphatic imine (C=N–C) groups is 2. The van der Waals surface area contributed by atoms with Crippen molar-refractivity contribution >= 4 is 11.9 Å². The summed E-state index contributed by atoms with van der Waals surface area (Å²) in [6.07, 6.45) is 14.4. The number of hydrogen-bond acceptors (Lipinski definition) is 5. The topological polar surface area (TPSA) is 72.0 Å². The molecule has 0 saturated heterocycles. The van der Waals surface area contributed by atoms with E-state index in [1.807, 2.05) is 27.0 Å². The molecule has 0 aromatic heterocycles. The number of unbranched alkanes of at least 4 members (excludes halogenated alkanes) is 4. The number of ether oxygens (including phenoxy) is 1. The van der Waals surface area contributed by atoms with Gasteiger partial charge in [0.05, 0.1) is 18.0 Å². The molecule has 5 heteroatoms. The van der Waals surface area contributed by atoms with Crippen LogP contribution in [0.5, 0.6) is 0 Å². The fourth-order valence-corrected chi connectivity index (χ4v) is 3.32. The van der Waals surface area contributed by atoms with Gasteiger partial charge in [0.1, 0.15) is 5.70 Å². The lowest BCUT2D eigenvalue weighted by molar-refractivity contribution is 0.183. The Morgan fingerprint density at radius 2 is 1.87 bits per heavy atom. The van der Waals surface area contributed by atoms with Crippen LogP contribution in [-0.2, 0) is 4.74 Å². The maximum atomic E-state index is 5.84. The van der Waals surface area contributed by atoms with E-state index in [4.69, 9.17) is 10.5 Å². The highest BCUT2D eigenvalue weighted by Crippen LogP contribution is 2.21. The fraction of sp³-hybridized carbons (Fsp3) is 0.600.